The van der Waals surface area contributed by atoms with Crippen LogP contribution in [0.3, 0.4) is 0 Å². The van der Waals surface area contributed by atoms with Crippen molar-refractivity contribution in [2.24, 2.45) is 10.3 Å². The molecule has 0 N–H and O–H groups in total. The van der Waals surface area contributed by atoms with Gasteiger partial charge in [-0.05, 0) is 48.4 Å². The van der Waals surface area contributed by atoms with Gasteiger partial charge in [0, 0.05) is 5.56 Å². The molecule has 0 bridgehead atoms. The Morgan fingerprint density at radius 1 is 0.536 bits per heavy atom. The molecule has 4 aromatic carbocycles. The second-order valence-electron chi connectivity index (χ2n) is 6.50. The molecule has 28 heavy (non-hydrogen) atoms. The molecule has 4 rings (SSSR count). The SMILES string of the molecule is Cc1ccccc1-c1ccccc1N=NN(c1ccccc1)c1ccccc1. The largest absolute Gasteiger partial charge is 0.215 e. The summed E-state index contributed by atoms with van der Waals surface area (Å²) in [7, 11) is 0. The summed E-state index contributed by atoms with van der Waals surface area (Å²) in [5.41, 5.74) is 6.23. The van der Waals surface area contributed by atoms with Crippen LogP contribution in [0.2, 0.25) is 0 Å². The van der Waals surface area contributed by atoms with Gasteiger partial charge in [-0.3, -0.25) is 0 Å². The van der Waals surface area contributed by atoms with Crippen LogP contribution in [-0.2, 0) is 0 Å². The summed E-state index contributed by atoms with van der Waals surface area (Å²) >= 11 is 0. The molecule has 0 fully saturated rings. The van der Waals surface area contributed by atoms with Gasteiger partial charge in [0.15, 0.2) is 0 Å². The predicted molar refractivity (Wildman–Crippen MR) is 116 cm³/mol. The Bertz CT molecular complexity index is 1030. The highest BCUT2D eigenvalue weighted by molar-refractivity contribution is 5.77. The average molecular weight is 363 g/mol. The fourth-order valence-electron chi connectivity index (χ4n) is 3.15. The Labute approximate surface area is 165 Å². The summed E-state index contributed by atoms with van der Waals surface area (Å²) in [6.45, 7) is 2.11. The first-order chi connectivity index (χ1) is 13.8. The summed E-state index contributed by atoms with van der Waals surface area (Å²) in [5, 5.41) is 11.1. The number of hydrogen-bond acceptors (Lipinski definition) is 2. The molecule has 0 aliphatic heterocycles. The molecule has 0 heterocycles. The molecule has 0 aliphatic carbocycles. The highest BCUT2D eigenvalue weighted by atomic mass is 15.5. The van der Waals surface area contributed by atoms with Crippen LogP contribution >= 0.6 is 0 Å². The van der Waals surface area contributed by atoms with E-state index in [9.17, 15) is 0 Å². The number of benzene rings is 4. The molecule has 3 nitrogen and oxygen atoms in total. The van der Waals surface area contributed by atoms with Crippen LogP contribution in [0.25, 0.3) is 11.1 Å². The van der Waals surface area contributed by atoms with Gasteiger partial charge in [0.05, 0.1) is 17.1 Å². The Hall–Kier alpha value is -3.72. The Morgan fingerprint density at radius 2 is 1.04 bits per heavy atom. The molecule has 0 saturated heterocycles. The lowest BCUT2D eigenvalue weighted by Gasteiger charge is -2.18. The molecule has 0 saturated carbocycles. The first kappa shape index (κ1) is 17.7. The van der Waals surface area contributed by atoms with E-state index in [0.29, 0.717) is 0 Å². The molecule has 0 radical (unpaired) electrons. The number of rotatable bonds is 5. The molecule has 0 aromatic heterocycles. The van der Waals surface area contributed by atoms with Crippen molar-refractivity contribution in [3.05, 3.63) is 115 Å². The molecule has 0 aliphatic rings. The van der Waals surface area contributed by atoms with E-state index < -0.39 is 0 Å². The smallest absolute Gasteiger partial charge is 0.0952 e. The highest BCUT2D eigenvalue weighted by Crippen LogP contribution is 2.33. The second-order valence-corrected chi connectivity index (χ2v) is 6.50. The minimum absolute atomic E-state index is 0.841. The quantitative estimate of drug-likeness (QED) is 0.266. The number of anilines is 2. The lowest BCUT2D eigenvalue weighted by molar-refractivity contribution is 0.974. The van der Waals surface area contributed by atoms with E-state index in [-0.39, 0.29) is 0 Å². The first-order valence-electron chi connectivity index (χ1n) is 9.30. The van der Waals surface area contributed by atoms with Gasteiger partial charge in [0.2, 0.25) is 0 Å². The van der Waals surface area contributed by atoms with Crippen molar-refractivity contribution in [2.45, 2.75) is 6.92 Å². The van der Waals surface area contributed by atoms with Crippen LogP contribution in [0.1, 0.15) is 5.56 Å². The molecule has 136 valence electrons. The molecule has 0 spiro atoms. The number of hydrogen-bond donors (Lipinski definition) is 0. The maximum absolute atomic E-state index is 4.63. The van der Waals surface area contributed by atoms with E-state index in [1.165, 1.54) is 11.1 Å². The van der Waals surface area contributed by atoms with Gasteiger partial charge in [0.1, 0.15) is 0 Å². The average Bonchev–Trinajstić information content (AvgIpc) is 2.76. The molecule has 0 unspecified atom stereocenters. The molecular weight excluding hydrogens is 342 g/mol. The highest BCUT2D eigenvalue weighted by Gasteiger charge is 2.10. The third-order valence-corrected chi connectivity index (χ3v) is 4.58. The summed E-state index contributed by atoms with van der Waals surface area (Å²) in [4.78, 5) is 0. The van der Waals surface area contributed by atoms with E-state index in [4.69, 9.17) is 0 Å². The molecule has 4 aromatic rings. The zero-order valence-corrected chi connectivity index (χ0v) is 15.7. The van der Waals surface area contributed by atoms with E-state index in [1.807, 2.05) is 83.9 Å². The standard InChI is InChI=1S/C25H21N3/c1-20-12-8-9-17-23(20)24-18-10-11-19-25(24)26-27-28(21-13-4-2-5-14-21)22-15-6-3-7-16-22/h2-19H,1H3. The van der Waals surface area contributed by atoms with Gasteiger partial charge in [0.25, 0.3) is 0 Å². The van der Waals surface area contributed by atoms with E-state index in [1.54, 1.807) is 0 Å². The van der Waals surface area contributed by atoms with Crippen LogP contribution in [0.5, 0.6) is 0 Å². The third-order valence-electron chi connectivity index (χ3n) is 4.58. The normalized spacial score (nSPS) is 10.9. The Morgan fingerprint density at radius 3 is 1.64 bits per heavy atom. The van der Waals surface area contributed by atoms with Crippen molar-refractivity contribution in [1.29, 1.82) is 0 Å². The van der Waals surface area contributed by atoms with Gasteiger partial charge < -0.3 is 0 Å². The number of aryl methyl sites for hydroxylation is 1. The van der Waals surface area contributed by atoms with Crippen molar-refractivity contribution in [2.75, 3.05) is 5.01 Å². The lowest BCUT2D eigenvalue weighted by Crippen LogP contribution is -2.07. The van der Waals surface area contributed by atoms with Gasteiger partial charge in [-0.2, -0.15) is 0 Å². The van der Waals surface area contributed by atoms with E-state index >= 15 is 0 Å². The lowest BCUT2D eigenvalue weighted by atomic mass is 9.99. The zero-order valence-electron chi connectivity index (χ0n) is 15.7. The summed E-state index contributed by atoms with van der Waals surface area (Å²) in [6, 6.07) is 36.6. The van der Waals surface area contributed by atoms with Gasteiger partial charge in [-0.1, -0.05) is 84.1 Å². The van der Waals surface area contributed by atoms with Crippen LogP contribution < -0.4 is 5.01 Å². The Balaban J connectivity index is 1.76. The van der Waals surface area contributed by atoms with Crippen molar-refractivity contribution in [1.82, 2.24) is 0 Å². The number of para-hydroxylation sites is 2. The maximum atomic E-state index is 4.63. The van der Waals surface area contributed by atoms with Crippen LogP contribution in [0.15, 0.2) is 120 Å². The van der Waals surface area contributed by atoms with E-state index in [0.717, 1.165) is 22.6 Å². The summed E-state index contributed by atoms with van der Waals surface area (Å²) in [5.74, 6) is 0. The van der Waals surface area contributed by atoms with Gasteiger partial charge >= 0.3 is 0 Å². The Kier molecular flexibility index (Phi) is 5.25. The van der Waals surface area contributed by atoms with Crippen LogP contribution in [0.4, 0.5) is 17.1 Å². The second kappa shape index (κ2) is 8.31. The first-order valence-corrected chi connectivity index (χ1v) is 9.30. The van der Waals surface area contributed by atoms with E-state index in [2.05, 4.69) is 47.6 Å². The molecule has 3 heteroatoms. The molecule has 0 atom stereocenters. The topological polar surface area (TPSA) is 28.0 Å². The zero-order chi connectivity index (χ0) is 19.2. The van der Waals surface area contributed by atoms with Crippen LogP contribution in [0, 0.1) is 6.92 Å². The van der Waals surface area contributed by atoms with Crippen molar-refractivity contribution < 1.29 is 0 Å². The third kappa shape index (κ3) is 3.84. The van der Waals surface area contributed by atoms with Crippen molar-refractivity contribution >= 4 is 17.1 Å². The fourth-order valence-corrected chi connectivity index (χ4v) is 3.15. The van der Waals surface area contributed by atoms with Crippen molar-refractivity contribution in [3.63, 3.8) is 0 Å². The molecular formula is C25H21N3. The predicted octanol–water partition coefficient (Wildman–Crippen LogP) is 7.50. The van der Waals surface area contributed by atoms with Gasteiger partial charge in [-0.15, -0.1) is 5.11 Å². The minimum atomic E-state index is 0.841. The fraction of sp³-hybridized carbons (Fsp3) is 0.0400. The van der Waals surface area contributed by atoms with Gasteiger partial charge in [-0.25, -0.2) is 5.01 Å². The maximum Gasteiger partial charge on any atom is 0.0952 e. The summed E-state index contributed by atoms with van der Waals surface area (Å²) < 4.78 is 0. The summed E-state index contributed by atoms with van der Waals surface area (Å²) in [6.07, 6.45) is 0. The molecule has 0 amide bonds. The minimum Gasteiger partial charge on any atom is -0.215 e. The number of nitrogens with zero attached hydrogens (tertiary/aromatic N) is 3. The van der Waals surface area contributed by atoms with Crippen LogP contribution in [-0.4, -0.2) is 0 Å². The monoisotopic (exact) mass is 363 g/mol. The van der Waals surface area contributed by atoms with Crippen molar-refractivity contribution in [3.8, 4) is 11.1 Å².